The number of primary sulfonamides is 1. The van der Waals surface area contributed by atoms with E-state index in [0.29, 0.717) is 12.1 Å². The molecule has 0 amide bonds. The molecule has 0 aromatic heterocycles. The molecule has 20 heavy (non-hydrogen) atoms. The Morgan fingerprint density at radius 2 is 1.80 bits per heavy atom. The fraction of sp³-hybridized carbons (Fsp3) is 0.455. The van der Waals surface area contributed by atoms with Crippen LogP contribution >= 0.6 is 0 Å². The maximum atomic E-state index is 11.6. The molecule has 1 rings (SSSR count). The average molecular weight is 321 g/mol. The van der Waals surface area contributed by atoms with Crippen LogP contribution in [0.2, 0.25) is 0 Å². The van der Waals surface area contributed by atoms with Crippen molar-refractivity contribution < 1.29 is 16.8 Å². The number of nitrogens with two attached hydrogens (primary N) is 1. The highest BCUT2D eigenvalue weighted by Gasteiger charge is 2.11. The van der Waals surface area contributed by atoms with E-state index >= 15 is 0 Å². The lowest BCUT2D eigenvalue weighted by molar-refractivity contribution is 0.547. The molecule has 1 aromatic rings. The van der Waals surface area contributed by atoms with Gasteiger partial charge in [0.15, 0.2) is 0 Å². The van der Waals surface area contributed by atoms with Gasteiger partial charge in [-0.15, -0.1) is 0 Å². The van der Waals surface area contributed by atoms with Crippen LogP contribution in [0.15, 0.2) is 29.2 Å². The Morgan fingerprint density at radius 1 is 1.15 bits per heavy atom. The van der Waals surface area contributed by atoms with Crippen molar-refractivity contribution >= 4 is 20.2 Å². The fourth-order valence-corrected chi connectivity index (χ4v) is 2.93. The molecule has 0 unspecified atom stereocenters. The number of nitrogens with one attached hydrogen (secondary N) is 2. The summed E-state index contributed by atoms with van der Waals surface area (Å²) in [5, 5.41) is 5.01. The van der Waals surface area contributed by atoms with Crippen molar-refractivity contribution in [2.45, 2.75) is 25.3 Å². The first-order valence-electron chi connectivity index (χ1n) is 5.96. The maximum absolute atomic E-state index is 11.6. The van der Waals surface area contributed by atoms with Crippen LogP contribution in [0.5, 0.6) is 0 Å². The van der Waals surface area contributed by atoms with E-state index in [1.807, 2.05) is 13.8 Å². The molecule has 9 heteroatoms. The largest absolute Gasteiger partial charge is 0.277 e. The van der Waals surface area contributed by atoms with E-state index in [0.717, 1.165) is 0 Å². The van der Waals surface area contributed by atoms with Crippen LogP contribution in [0.4, 0.5) is 0 Å². The molecule has 4 N–H and O–H groups in total. The van der Waals surface area contributed by atoms with Gasteiger partial charge in [0.05, 0.1) is 4.90 Å². The summed E-state index contributed by atoms with van der Waals surface area (Å²) in [4.78, 5) is -0.0515. The van der Waals surface area contributed by atoms with Crippen molar-refractivity contribution in [3.63, 3.8) is 0 Å². The Balaban J connectivity index is 2.71. The molecule has 0 aliphatic carbocycles. The molecule has 1 aromatic carbocycles. The third kappa shape index (κ3) is 5.97. The molecule has 0 fully saturated rings. The zero-order valence-corrected chi connectivity index (χ0v) is 13.0. The lowest BCUT2D eigenvalue weighted by Gasteiger charge is -2.10. The minimum Gasteiger partial charge on any atom is -0.225 e. The molecule has 0 aliphatic rings. The Bertz CT molecular complexity index is 654. The summed E-state index contributed by atoms with van der Waals surface area (Å²) in [6.45, 7) is 4.08. The van der Waals surface area contributed by atoms with Crippen LogP contribution in [0.3, 0.4) is 0 Å². The monoisotopic (exact) mass is 321 g/mol. The summed E-state index contributed by atoms with van der Waals surface area (Å²) in [5.41, 5.74) is 0.506. The van der Waals surface area contributed by atoms with E-state index in [1.54, 1.807) is 6.07 Å². The summed E-state index contributed by atoms with van der Waals surface area (Å²) >= 11 is 0. The topological polar surface area (TPSA) is 118 Å². The summed E-state index contributed by atoms with van der Waals surface area (Å²) in [6.07, 6.45) is 0. The predicted octanol–water partition coefficient (Wildman–Crippen LogP) is -0.0860. The van der Waals surface area contributed by atoms with Gasteiger partial charge in [0.2, 0.25) is 10.0 Å². The Kier molecular flexibility index (Phi) is 5.66. The van der Waals surface area contributed by atoms with Gasteiger partial charge in [-0.1, -0.05) is 26.0 Å². The molecule has 0 saturated carbocycles. The van der Waals surface area contributed by atoms with Gasteiger partial charge in [0.1, 0.15) is 0 Å². The molecule has 0 aliphatic heterocycles. The molecule has 0 radical (unpaired) electrons. The van der Waals surface area contributed by atoms with Crippen LogP contribution < -0.4 is 14.6 Å². The normalized spacial score (nSPS) is 12.8. The Hall–Kier alpha value is -1.00. The molecule has 0 spiro atoms. The molecule has 0 bridgehead atoms. The summed E-state index contributed by atoms with van der Waals surface area (Å²) < 4.78 is 50.4. The van der Waals surface area contributed by atoms with Gasteiger partial charge in [-0.25, -0.2) is 18.3 Å². The van der Waals surface area contributed by atoms with Crippen LogP contribution in [-0.2, 0) is 26.8 Å². The maximum Gasteiger partial charge on any atom is 0.277 e. The highest BCUT2D eigenvalue weighted by Crippen LogP contribution is 2.09. The molecule has 0 heterocycles. The fourth-order valence-electron chi connectivity index (χ4n) is 1.34. The summed E-state index contributed by atoms with van der Waals surface area (Å²) in [6, 6.07) is 5.80. The van der Waals surface area contributed by atoms with E-state index in [-0.39, 0.29) is 17.4 Å². The van der Waals surface area contributed by atoms with Gasteiger partial charge in [-0.05, 0) is 23.6 Å². The van der Waals surface area contributed by atoms with E-state index in [9.17, 15) is 16.8 Å². The molecule has 114 valence electrons. The number of benzene rings is 1. The van der Waals surface area contributed by atoms with E-state index < -0.39 is 20.2 Å². The first-order valence-corrected chi connectivity index (χ1v) is 8.99. The second-order valence-corrected chi connectivity index (χ2v) is 7.90. The first kappa shape index (κ1) is 17.1. The lowest BCUT2D eigenvalue weighted by atomic mass is 10.2. The second-order valence-electron chi connectivity index (χ2n) is 4.76. The smallest absolute Gasteiger partial charge is 0.225 e. The standard InChI is InChI=1S/C11H19N3O4S2/c1-9(2)7-13-20(17,18)14-8-10-4-3-5-11(6-10)19(12,15)16/h3-6,9,13-14H,7-8H2,1-2H3,(H2,12,15,16). The molecular weight excluding hydrogens is 302 g/mol. The third-order valence-electron chi connectivity index (χ3n) is 2.37. The van der Waals surface area contributed by atoms with Crippen molar-refractivity contribution in [3.8, 4) is 0 Å². The summed E-state index contributed by atoms with van der Waals surface area (Å²) in [7, 11) is -7.40. The van der Waals surface area contributed by atoms with Crippen LogP contribution in [0.25, 0.3) is 0 Å². The zero-order chi connectivity index (χ0) is 15.4. The Morgan fingerprint density at radius 3 is 2.35 bits per heavy atom. The van der Waals surface area contributed by atoms with Crippen molar-refractivity contribution in [1.29, 1.82) is 0 Å². The second kappa shape index (κ2) is 6.64. The van der Waals surface area contributed by atoms with Gasteiger partial charge in [0, 0.05) is 13.1 Å². The quantitative estimate of drug-likeness (QED) is 0.650. The van der Waals surface area contributed by atoms with E-state index in [2.05, 4.69) is 9.44 Å². The van der Waals surface area contributed by atoms with Gasteiger partial charge < -0.3 is 0 Å². The van der Waals surface area contributed by atoms with Crippen molar-refractivity contribution in [2.24, 2.45) is 11.1 Å². The third-order valence-corrected chi connectivity index (χ3v) is 4.36. The van der Waals surface area contributed by atoms with Gasteiger partial charge in [-0.3, -0.25) is 0 Å². The minimum absolute atomic E-state index is 0.0171. The van der Waals surface area contributed by atoms with Crippen molar-refractivity contribution in [1.82, 2.24) is 9.44 Å². The van der Waals surface area contributed by atoms with Crippen molar-refractivity contribution in [3.05, 3.63) is 29.8 Å². The van der Waals surface area contributed by atoms with Gasteiger partial charge in [-0.2, -0.15) is 13.1 Å². The minimum atomic E-state index is -3.79. The van der Waals surface area contributed by atoms with Crippen LogP contribution in [0.1, 0.15) is 19.4 Å². The highest BCUT2D eigenvalue weighted by atomic mass is 32.2. The van der Waals surface area contributed by atoms with Crippen molar-refractivity contribution in [2.75, 3.05) is 6.54 Å². The molecule has 0 saturated heterocycles. The highest BCUT2D eigenvalue weighted by molar-refractivity contribution is 7.89. The number of rotatable bonds is 7. The summed E-state index contributed by atoms with van der Waals surface area (Å²) in [5.74, 6) is 0.192. The predicted molar refractivity (Wildman–Crippen MR) is 76.4 cm³/mol. The van der Waals surface area contributed by atoms with Crippen LogP contribution in [-0.4, -0.2) is 23.4 Å². The number of sulfonamides is 1. The first-order chi connectivity index (χ1) is 9.10. The lowest BCUT2D eigenvalue weighted by Crippen LogP contribution is -2.38. The number of hydrogen-bond donors (Lipinski definition) is 3. The SMILES string of the molecule is CC(C)CNS(=O)(=O)NCc1cccc(S(N)(=O)=O)c1. The van der Waals surface area contributed by atoms with E-state index in [1.165, 1.54) is 18.2 Å². The van der Waals surface area contributed by atoms with Crippen LogP contribution in [0, 0.1) is 5.92 Å². The molecule has 7 nitrogen and oxygen atoms in total. The molecule has 0 atom stereocenters. The van der Waals surface area contributed by atoms with E-state index in [4.69, 9.17) is 5.14 Å². The number of hydrogen-bond acceptors (Lipinski definition) is 4. The Labute approximate surface area is 119 Å². The average Bonchev–Trinajstić information content (AvgIpc) is 2.34. The molecular formula is C11H19N3O4S2. The zero-order valence-electron chi connectivity index (χ0n) is 11.3. The van der Waals surface area contributed by atoms with Gasteiger partial charge in [0.25, 0.3) is 10.2 Å². The van der Waals surface area contributed by atoms with Gasteiger partial charge >= 0.3 is 0 Å².